The Kier molecular flexibility index (Phi) is 6.82. The summed E-state index contributed by atoms with van der Waals surface area (Å²) in [5, 5.41) is 0. The third-order valence-electron chi connectivity index (χ3n) is 2.47. The third kappa shape index (κ3) is 7.66. The molecule has 8 heteroatoms. The van der Waals surface area contributed by atoms with E-state index in [1.807, 2.05) is 0 Å². The number of rotatable bonds is 6. The van der Waals surface area contributed by atoms with Gasteiger partial charge in [-0.15, -0.1) is 0 Å². The monoisotopic (exact) mass is 283 g/mol. The first-order valence-electron chi connectivity index (χ1n) is 5.81. The largest absolute Gasteiger partial charge is 0.406 e. The minimum Gasteiger partial charge on any atom is -0.347 e. The Morgan fingerprint density at radius 2 is 1.74 bits per heavy atom. The van der Waals surface area contributed by atoms with Crippen molar-refractivity contribution >= 4 is 11.8 Å². The molecule has 0 aliphatic rings. The third-order valence-corrected chi connectivity index (χ3v) is 2.47. The predicted molar refractivity (Wildman–Crippen MR) is 64.2 cm³/mol. The fourth-order valence-corrected chi connectivity index (χ4v) is 1.26. The summed E-state index contributed by atoms with van der Waals surface area (Å²) in [7, 11) is 2.84. The minimum absolute atomic E-state index is 0.104. The van der Waals surface area contributed by atoms with E-state index in [-0.39, 0.29) is 18.9 Å². The number of carbonyl (C=O) groups is 2. The van der Waals surface area contributed by atoms with E-state index in [0.717, 1.165) is 4.90 Å². The normalized spacial score (nSPS) is 13.0. The topological polar surface area (TPSA) is 66.6 Å². The Morgan fingerprint density at radius 3 is 2.11 bits per heavy atom. The quantitative estimate of drug-likeness (QED) is 0.769. The molecule has 1 atom stereocenters. The standard InChI is InChI=1S/C11H20F3N3O2/c1-8(5-15)4-9(18)17(7-11(12,13)14)6-10(19)16(2)3/h8H,4-7,15H2,1-3H3. The molecule has 5 nitrogen and oxygen atoms in total. The van der Waals surface area contributed by atoms with Crippen molar-refractivity contribution in [2.45, 2.75) is 19.5 Å². The molecule has 0 rings (SSSR count). The number of likely N-dealkylation sites (N-methyl/N-ethyl adjacent to an activating group) is 1. The molecule has 0 bridgehead atoms. The molecule has 2 N–H and O–H groups in total. The number of carbonyl (C=O) groups excluding carboxylic acids is 2. The molecule has 2 amide bonds. The Hall–Kier alpha value is -1.31. The summed E-state index contributed by atoms with van der Waals surface area (Å²) in [4.78, 5) is 24.9. The van der Waals surface area contributed by atoms with Gasteiger partial charge >= 0.3 is 6.18 Å². The molecular weight excluding hydrogens is 263 g/mol. The molecule has 0 radical (unpaired) electrons. The molecule has 0 saturated heterocycles. The number of alkyl halides is 3. The molecular formula is C11H20F3N3O2. The van der Waals surface area contributed by atoms with Gasteiger partial charge in [0, 0.05) is 20.5 Å². The smallest absolute Gasteiger partial charge is 0.347 e. The highest BCUT2D eigenvalue weighted by Gasteiger charge is 2.34. The molecule has 0 spiro atoms. The summed E-state index contributed by atoms with van der Waals surface area (Å²) in [5.74, 6) is -1.50. The highest BCUT2D eigenvalue weighted by atomic mass is 19.4. The van der Waals surface area contributed by atoms with Crippen LogP contribution in [0.1, 0.15) is 13.3 Å². The summed E-state index contributed by atoms with van der Waals surface area (Å²) >= 11 is 0. The fraction of sp³-hybridized carbons (Fsp3) is 0.818. The molecule has 0 aliphatic carbocycles. The molecule has 0 aromatic rings. The van der Waals surface area contributed by atoms with Gasteiger partial charge in [-0.2, -0.15) is 13.2 Å². The molecule has 1 unspecified atom stereocenters. The fourth-order valence-electron chi connectivity index (χ4n) is 1.26. The summed E-state index contributed by atoms with van der Waals surface area (Å²) in [6.45, 7) is -0.143. The first kappa shape index (κ1) is 17.7. The Morgan fingerprint density at radius 1 is 1.21 bits per heavy atom. The molecule has 0 heterocycles. The lowest BCUT2D eigenvalue weighted by molar-refractivity contribution is -0.164. The van der Waals surface area contributed by atoms with Crippen LogP contribution in [-0.2, 0) is 9.59 Å². The number of nitrogens with two attached hydrogens (primary N) is 1. The number of amides is 2. The second-order valence-electron chi connectivity index (χ2n) is 4.70. The molecule has 0 aliphatic heterocycles. The van der Waals surface area contributed by atoms with Crippen LogP contribution in [0.4, 0.5) is 13.2 Å². The van der Waals surface area contributed by atoms with Crippen molar-refractivity contribution in [2.75, 3.05) is 33.7 Å². The first-order chi connectivity index (χ1) is 8.56. The van der Waals surface area contributed by atoms with Crippen molar-refractivity contribution in [3.8, 4) is 0 Å². The van der Waals surface area contributed by atoms with Crippen LogP contribution in [0.5, 0.6) is 0 Å². The summed E-state index contributed by atoms with van der Waals surface area (Å²) < 4.78 is 37.2. The number of hydrogen-bond acceptors (Lipinski definition) is 3. The summed E-state index contributed by atoms with van der Waals surface area (Å²) in [5.41, 5.74) is 5.33. The lowest BCUT2D eigenvalue weighted by atomic mass is 10.1. The van der Waals surface area contributed by atoms with Crippen LogP contribution in [0.15, 0.2) is 0 Å². The SMILES string of the molecule is CC(CN)CC(=O)N(CC(=O)N(C)C)CC(F)(F)F. The van der Waals surface area contributed by atoms with Crippen molar-refractivity contribution in [1.82, 2.24) is 9.80 Å². The highest BCUT2D eigenvalue weighted by molar-refractivity contribution is 5.84. The van der Waals surface area contributed by atoms with Crippen LogP contribution in [0.3, 0.4) is 0 Å². The summed E-state index contributed by atoms with van der Waals surface area (Å²) in [6, 6.07) is 0. The molecule has 0 aromatic carbocycles. The Labute approximate surface area is 110 Å². The van der Waals surface area contributed by atoms with Crippen LogP contribution < -0.4 is 5.73 Å². The van der Waals surface area contributed by atoms with Gasteiger partial charge in [0.1, 0.15) is 13.1 Å². The van der Waals surface area contributed by atoms with Gasteiger partial charge in [-0.25, -0.2) is 0 Å². The summed E-state index contributed by atoms with van der Waals surface area (Å²) in [6.07, 6.45) is -4.64. The zero-order valence-corrected chi connectivity index (χ0v) is 11.3. The van der Waals surface area contributed by atoms with E-state index in [2.05, 4.69) is 0 Å². The van der Waals surface area contributed by atoms with Crippen molar-refractivity contribution in [1.29, 1.82) is 0 Å². The maximum atomic E-state index is 12.4. The number of halogens is 3. The lowest BCUT2D eigenvalue weighted by Crippen LogP contribution is -2.45. The van der Waals surface area contributed by atoms with E-state index in [4.69, 9.17) is 5.73 Å². The van der Waals surface area contributed by atoms with Gasteiger partial charge < -0.3 is 15.5 Å². The van der Waals surface area contributed by atoms with Crippen LogP contribution >= 0.6 is 0 Å². The van der Waals surface area contributed by atoms with Crippen molar-refractivity contribution in [3.63, 3.8) is 0 Å². The van der Waals surface area contributed by atoms with Crippen LogP contribution in [0.25, 0.3) is 0 Å². The van der Waals surface area contributed by atoms with E-state index in [0.29, 0.717) is 4.90 Å². The lowest BCUT2D eigenvalue weighted by Gasteiger charge is -2.25. The van der Waals surface area contributed by atoms with Crippen LogP contribution in [-0.4, -0.2) is 61.5 Å². The molecule has 0 fully saturated rings. The number of nitrogens with zero attached hydrogens (tertiary/aromatic N) is 2. The molecule has 0 saturated carbocycles. The van der Waals surface area contributed by atoms with Crippen molar-refractivity contribution in [2.24, 2.45) is 11.7 Å². The molecule has 0 aromatic heterocycles. The second kappa shape index (κ2) is 7.32. The van der Waals surface area contributed by atoms with Crippen molar-refractivity contribution in [3.05, 3.63) is 0 Å². The Balaban J connectivity index is 4.76. The van der Waals surface area contributed by atoms with E-state index in [1.165, 1.54) is 14.1 Å². The van der Waals surface area contributed by atoms with E-state index >= 15 is 0 Å². The van der Waals surface area contributed by atoms with Gasteiger partial charge in [0.2, 0.25) is 11.8 Å². The average Bonchev–Trinajstić information content (AvgIpc) is 2.25. The maximum Gasteiger partial charge on any atom is 0.406 e. The van der Waals surface area contributed by atoms with Gasteiger partial charge in [-0.3, -0.25) is 9.59 Å². The van der Waals surface area contributed by atoms with Crippen LogP contribution in [0.2, 0.25) is 0 Å². The van der Waals surface area contributed by atoms with Crippen molar-refractivity contribution < 1.29 is 22.8 Å². The Bertz CT molecular complexity index is 319. The number of hydrogen-bond donors (Lipinski definition) is 1. The second-order valence-corrected chi connectivity index (χ2v) is 4.70. The first-order valence-corrected chi connectivity index (χ1v) is 5.81. The van der Waals surface area contributed by atoms with E-state index in [1.54, 1.807) is 6.92 Å². The van der Waals surface area contributed by atoms with Gasteiger partial charge in [-0.1, -0.05) is 6.92 Å². The maximum absolute atomic E-state index is 12.4. The zero-order chi connectivity index (χ0) is 15.2. The van der Waals surface area contributed by atoms with Gasteiger partial charge in [-0.05, 0) is 12.5 Å². The highest BCUT2D eigenvalue weighted by Crippen LogP contribution is 2.18. The van der Waals surface area contributed by atoms with Crippen LogP contribution in [0, 0.1) is 5.92 Å². The van der Waals surface area contributed by atoms with Gasteiger partial charge in [0.15, 0.2) is 0 Å². The zero-order valence-electron chi connectivity index (χ0n) is 11.3. The van der Waals surface area contributed by atoms with Gasteiger partial charge in [0.05, 0.1) is 0 Å². The molecule has 112 valence electrons. The minimum atomic E-state index is -4.53. The van der Waals surface area contributed by atoms with E-state index < -0.39 is 31.1 Å². The molecule has 19 heavy (non-hydrogen) atoms. The van der Waals surface area contributed by atoms with E-state index in [9.17, 15) is 22.8 Å². The van der Waals surface area contributed by atoms with Gasteiger partial charge in [0.25, 0.3) is 0 Å². The predicted octanol–water partition coefficient (Wildman–Crippen LogP) is 0.450. The average molecular weight is 283 g/mol.